The summed E-state index contributed by atoms with van der Waals surface area (Å²) in [4.78, 5) is 11.9. The molecule has 1 N–H and O–H groups in total. The Kier molecular flexibility index (Phi) is 6.46. The van der Waals surface area contributed by atoms with E-state index in [1.807, 2.05) is 13.8 Å². The van der Waals surface area contributed by atoms with Crippen LogP contribution in [0.2, 0.25) is 10.0 Å². The van der Waals surface area contributed by atoms with Crippen LogP contribution in [0.15, 0.2) is 47.1 Å². The van der Waals surface area contributed by atoms with Crippen molar-refractivity contribution in [3.63, 3.8) is 0 Å². The lowest BCUT2D eigenvalue weighted by atomic mass is 9.85. The van der Waals surface area contributed by atoms with E-state index >= 15 is 0 Å². The second-order valence-electron chi connectivity index (χ2n) is 5.83. The van der Waals surface area contributed by atoms with Gasteiger partial charge >= 0.3 is 0 Å². The summed E-state index contributed by atoms with van der Waals surface area (Å²) in [5, 5.41) is 5.09. The molecule has 1 aliphatic carbocycles. The third-order valence-electron chi connectivity index (χ3n) is 3.87. The number of carbonyl (C=O) groups excluding carboxylic acids is 1. The number of benzene rings is 1. The van der Waals surface area contributed by atoms with Gasteiger partial charge in [-0.3, -0.25) is 4.79 Å². The van der Waals surface area contributed by atoms with Crippen LogP contribution in [0, 0.1) is 5.92 Å². The van der Waals surface area contributed by atoms with Crippen LogP contribution in [0.3, 0.4) is 0 Å². The zero-order chi connectivity index (χ0) is 17.7. The molecular formula is C18H20Cl2N2O2. The number of amides is 1. The molecule has 0 spiro atoms. The number of rotatable bonds is 5. The molecule has 1 unspecified atom stereocenters. The Bertz CT molecular complexity index is 711. The van der Waals surface area contributed by atoms with E-state index < -0.39 is 0 Å². The molecule has 0 bridgehead atoms. The molecule has 0 heterocycles. The summed E-state index contributed by atoms with van der Waals surface area (Å²) >= 11 is 11.8. The van der Waals surface area contributed by atoms with Gasteiger partial charge in [0.05, 0.1) is 10.7 Å². The molecule has 0 saturated heterocycles. The van der Waals surface area contributed by atoms with Crippen molar-refractivity contribution in [3.05, 3.63) is 52.0 Å². The first-order chi connectivity index (χ1) is 11.4. The van der Waals surface area contributed by atoms with Gasteiger partial charge in [0.1, 0.15) is 5.75 Å². The highest BCUT2D eigenvalue weighted by molar-refractivity contribution is 6.35. The van der Waals surface area contributed by atoms with Crippen LogP contribution in [-0.2, 0) is 4.79 Å². The summed E-state index contributed by atoms with van der Waals surface area (Å²) in [5.74, 6) is 0.423. The minimum atomic E-state index is -0.348. The fraction of sp³-hybridized carbons (Fsp3) is 0.333. The largest absolute Gasteiger partial charge is 0.482 e. The van der Waals surface area contributed by atoms with Gasteiger partial charge < -0.3 is 4.74 Å². The zero-order valence-electron chi connectivity index (χ0n) is 13.7. The molecule has 128 valence electrons. The van der Waals surface area contributed by atoms with Crippen molar-refractivity contribution < 1.29 is 9.53 Å². The van der Waals surface area contributed by atoms with E-state index in [2.05, 4.69) is 23.2 Å². The number of hydrogen-bond acceptors (Lipinski definition) is 3. The van der Waals surface area contributed by atoms with Gasteiger partial charge in [-0.05, 0) is 56.4 Å². The molecule has 0 fully saturated rings. The molecule has 0 saturated carbocycles. The minimum Gasteiger partial charge on any atom is -0.482 e. The zero-order valence-corrected chi connectivity index (χ0v) is 15.2. The maximum Gasteiger partial charge on any atom is 0.277 e. The van der Waals surface area contributed by atoms with Crippen molar-refractivity contribution in [3.8, 4) is 5.75 Å². The van der Waals surface area contributed by atoms with Gasteiger partial charge in [0, 0.05) is 5.02 Å². The van der Waals surface area contributed by atoms with Crippen LogP contribution in [0.25, 0.3) is 0 Å². The van der Waals surface area contributed by atoms with E-state index in [0.717, 1.165) is 29.7 Å². The summed E-state index contributed by atoms with van der Waals surface area (Å²) in [6.07, 6.45) is 3.87. The smallest absolute Gasteiger partial charge is 0.277 e. The third kappa shape index (κ3) is 5.11. The molecule has 6 heteroatoms. The molecule has 0 radical (unpaired) electrons. The fourth-order valence-corrected chi connectivity index (χ4v) is 2.78. The molecule has 2 rings (SSSR count). The van der Waals surface area contributed by atoms with Crippen LogP contribution in [0.1, 0.15) is 26.7 Å². The minimum absolute atomic E-state index is 0.176. The molecule has 4 nitrogen and oxygen atoms in total. The van der Waals surface area contributed by atoms with E-state index in [1.165, 1.54) is 0 Å². The Balaban J connectivity index is 1.91. The second kappa shape index (κ2) is 8.36. The predicted molar refractivity (Wildman–Crippen MR) is 98.8 cm³/mol. The van der Waals surface area contributed by atoms with Crippen LogP contribution in [-0.4, -0.2) is 18.2 Å². The highest BCUT2D eigenvalue weighted by Gasteiger charge is 2.18. The first-order valence-corrected chi connectivity index (χ1v) is 8.38. The van der Waals surface area contributed by atoms with Gasteiger partial charge in [0.25, 0.3) is 5.91 Å². The van der Waals surface area contributed by atoms with Gasteiger partial charge in [-0.2, -0.15) is 5.10 Å². The molecule has 24 heavy (non-hydrogen) atoms. The van der Waals surface area contributed by atoms with Crippen molar-refractivity contribution in [2.75, 3.05) is 6.61 Å². The lowest BCUT2D eigenvalue weighted by Crippen LogP contribution is -2.27. The molecule has 1 amide bonds. The topological polar surface area (TPSA) is 50.7 Å². The summed E-state index contributed by atoms with van der Waals surface area (Å²) in [7, 11) is 0. The van der Waals surface area contributed by atoms with Crippen LogP contribution in [0.4, 0.5) is 0 Å². The lowest BCUT2D eigenvalue weighted by Gasteiger charge is -2.22. The Hall–Kier alpha value is -1.78. The van der Waals surface area contributed by atoms with E-state index in [4.69, 9.17) is 27.9 Å². The summed E-state index contributed by atoms with van der Waals surface area (Å²) in [6.45, 7) is 7.82. The Labute approximate surface area is 152 Å². The van der Waals surface area contributed by atoms with Gasteiger partial charge in [0.15, 0.2) is 6.61 Å². The first kappa shape index (κ1) is 18.6. The Morgan fingerprint density at radius 2 is 2.21 bits per heavy atom. The lowest BCUT2D eigenvalue weighted by molar-refractivity contribution is -0.123. The van der Waals surface area contributed by atoms with Gasteiger partial charge in [-0.25, -0.2) is 5.43 Å². The first-order valence-electron chi connectivity index (χ1n) is 7.62. The summed E-state index contributed by atoms with van der Waals surface area (Å²) in [5.41, 5.74) is 5.60. The molecule has 0 aromatic heterocycles. The number of carbonyl (C=O) groups is 1. The number of hydrazone groups is 1. The van der Waals surface area contributed by atoms with Gasteiger partial charge in [-0.1, -0.05) is 41.4 Å². The quantitative estimate of drug-likeness (QED) is 0.602. The van der Waals surface area contributed by atoms with E-state index in [0.29, 0.717) is 21.7 Å². The van der Waals surface area contributed by atoms with E-state index in [9.17, 15) is 4.79 Å². The van der Waals surface area contributed by atoms with Gasteiger partial charge in [0.2, 0.25) is 0 Å². The molecule has 0 aliphatic heterocycles. The van der Waals surface area contributed by atoms with E-state index in [-0.39, 0.29) is 12.5 Å². The molecule has 1 aliphatic rings. The van der Waals surface area contributed by atoms with Crippen LogP contribution in [0.5, 0.6) is 5.75 Å². The fourth-order valence-electron chi connectivity index (χ4n) is 2.32. The molecule has 1 aromatic rings. The van der Waals surface area contributed by atoms with Crippen molar-refractivity contribution in [2.24, 2.45) is 11.0 Å². The number of halogens is 2. The maximum atomic E-state index is 11.9. The maximum absolute atomic E-state index is 11.9. The average Bonchev–Trinajstić information content (AvgIpc) is 2.53. The number of hydrogen-bond donors (Lipinski definition) is 1. The number of allylic oxidation sites excluding steroid dienone is 3. The molecule has 1 atom stereocenters. The van der Waals surface area contributed by atoms with Crippen LogP contribution < -0.4 is 10.2 Å². The second-order valence-corrected chi connectivity index (χ2v) is 6.67. The van der Waals surface area contributed by atoms with Crippen molar-refractivity contribution in [1.82, 2.24) is 5.43 Å². The number of nitrogens with one attached hydrogen (secondary N) is 1. The predicted octanol–water partition coefficient (Wildman–Crippen LogP) is 4.78. The summed E-state index contributed by atoms with van der Waals surface area (Å²) in [6, 6.07) is 4.83. The highest BCUT2D eigenvalue weighted by atomic mass is 35.5. The Morgan fingerprint density at radius 3 is 2.88 bits per heavy atom. The van der Waals surface area contributed by atoms with Crippen molar-refractivity contribution in [2.45, 2.75) is 26.7 Å². The Morgan fingerprint density at radius 1 is 1.46 bits per heavy atom. The van der Waals surface area contributed by atoms with Gasteiger partial charge in [-0.15, -0.1) is 0 Å². The number of ether oxygens (including phenoxy) is 1. The van der Waals surface area contributed by atoms with Crippen molar-refractivity contribution in [1.29, 1.82) is 0 Å². The summed E-state index contributed by atoms with van der Waals surface area (Å²) < 4.78 is 5.38. The monoisotopic (exact) mass is 366 g/mol. The standard InChI is InChI=1S/C18H20Cl2N2O2/c1-11(2)13-5-4-12(3)16(8-13)21-22-18(23)10-24-17-7-6-14(19)9-15(17)20/h4,6-7,9,13H,1,5,8,10H2,2-3H3,(H,22,23)/b21-16-. The highest BCUT2D eigenvalue weighted by Crippen LogP contribution is 2.28. The average molecular weight is 367 g/mol. The van der Waals surface area contributed by atoms with Crippen LogP contribution >= 0.6 is 23.2 Å². The van der Waals surface area contributed by atoms with E-state index in [1.54, 1.807) is 18.2 Å². The third-order valence-corrected chi connectivity index (χ3v) is 4.40. The molecule has 1 aromatic carbocycles. The molecular weight excluding hydrogens is 347 g/mol. The van der Waals surface area contributed by atoms with Crippen molar-refractivity contribution >= 4 is 34.8 Å². The normalized spacial score (nSPS) is 18.9. The SMILES string of the molecule is C=C(C)C1CC=C(C)/C(=N\NC(=O)COc2ccc(Cl)cc2Cl)C1. The number of nitrogens with zero attached hydrogens (tertiary/aromatic N) is 1.